The largest absolute Gasteiger partial charge is 0.479 e. The Labute approximate surface area is 652 Å². The molecular formula is C48H78N4O59S6. The van der Waals surface area contributed by atoms with Gasteiger partial charge < -0.3 is 173 Å². The molecule has 0 aromatic carbocycles. The Morgan fingerprint density at radius 3 is 0.769 bits per heavy atom. The number of aliphatic hydroxyl groups is 16. The van der Waals surface area contributed by atoms with Crippen LogP contribution in [0.25, 0.3) is 0 Å². The molecule has 117 heavy (non-hydrogen) atoms. The lowest BCUT2D eigenvalue weighted by atomic mass is 9.94. The van der Waals surface area contributed by atoms with E-state index in [1.165, 1.54) is 18.9 Å². The summed E-state index contributed by atoms with van der Waals surface area (Å²) in [5, 5.41) is 216. The van der Waals surface area contributed by atoms with Gasteiger partial charge in [-0.05, 0) is 0 Å². The zero-order valence-electron chi connectivity index (χ0n) is 57.5. The van der Waals surface area contributed by atoms with Crippen LogP contribution in [-0.4, -0.2) is 476 Å². The lowest BCUT2D eigenvalue weighted by Gasteiger charge is -2.50. The number of rotatable bonds is 34. The van der Waals surface area contributed by atoms with Gasteiger partial charge in [-0.1, -0.05) is 0 Å². The quantitative estimate of drug-likeness (QED) is 0.0266. The van der Waals surface area contributed by atoms with E-state index >= 15 is 0 Å². The molecule has 0 aromatic heterocycles. The van der Waals surface area contributed by atoms with Gasteiger partial charge in [-0.2, -0.15) is 69.4 Å². The van der Waals surface area contributed by atoms with Crippen molar-refractivity contribution in [3.8, 4) is 0 Å². The molecule has 0 bridgehead atoms. The average molecular weight is 1850 g/mol. The van der Waals surface area contributed by atoms with Crippen molar-refractivity contribution in [3.63, 3.8) is 0 Å². The second kappa shape index (κ2) is 38.5. The van der Waals surface area contributed by atoms with E-state index in [9.17, 15) is 199 Å². The Balaban J connectivity index is 1.05. The zero-order chi connectivity index (χ0) is 88.1. The highest BCUT2D eigenvalue weighted by Crippen LogP contribution is 2.41. The molecule has 0 saturated carbocycles. The highest BCUT2D eigenvalue weighted by atomic mass is 32.3. The fourth-order valence-corrected chi connectivity index (χ4v) is 16.4. The van der Waals surface area contributed by atoms with Crippen molar-refractivity contribution in [2.45, 2.75) is 245 Å². The van der Waals surface area contributed by atoms with Gasteiger partial charge in [0.2, 0.25) is 0 Å². The van der Waals surface area contributed by atoms with Crippen molar-refractivity contribution >= 4 is 85.9 Å². The van der Waals surface area contributed by atoms with Crippen LogP contribution >= 0.6 is 0 Å². The molecule has 8 saturated heterocycles. The normalized spacial score (nSPS) is 44.3. The Bertz CT molecular complexity index is 4150. The maximum absolute atomic E-state index is 13.2. The van der Waals surface area contributed by atoms with Crippen LogP contribution in [0.2, 0.25) is 0 Å². The van der Waals surface area contributed by atoms with Crippen LogP contribution in [0.15, 0.2) is 0 Å². The maximum atomic E-state index is 13.2. The molecule has 63 nitrogen and oxygen atoms in total. The molecule has 40 atom stereocenters. The summed E-state index contributed by atoms with van der Waals surface area (Å²) in [4.78, 5) is 51.1. The molecular weight excluding hydrogens is 1770 g/mol. The summed E-state index contributed by atoms with van der Waals surface area (Å²) in [7, 11) is -35.3. The van der Waals surface area contributed by atoms with Crippen LogP contribution in [0.5, 0.6) is 0 Å². The van der Waals surface area contributed by atoms with Crippen LogP contribution < -0.4 is 18.9 Å². The Hall–Kier alpha value is -4.14. The number of hydrogen-bond acceptors (Lipinski definition) is 49. The predicted molar refractivity (Wildman–Crippen MR) is 337 cm³/mol. The molecule has 8 aliphatic heterocycles. The third-order valence-electron chi connectivity index (χ3n) is 18.2. The molecule has 0 spiro atoms. The van der Waals surface area contributed by atoms with Crippen LogP contribution in [0.1, 0.15) is 0 Å². The van der Waals surface area contributed by atoms with E-state index < -0.39 is 358 Å². The molecule has 8 aliphatic rings. The van der Waals surface area contributed by atoms with Crippen molar-refractivity contribution in [2.24, 2.45) is 0 Å². The maximum Gasteiger partial charge on any atom is 0.397 e. The molecule has 0 amide bonds. The number of aliphatic hydroxyl groups excluding tert-OH is 16. The predicted octanol–water partition coefficient (Wildman–Crippen LogP) is -20.8. The first-order chi connectivity index (χ1) is 53.8. The van der Waals surface area contributed by atoms with Crippen molar-refractivity contribution < 1.29 is 279 Å². The van der Waals surface area contributed by atoms with Gasteiger partial charge in [-0.25, -0.2) is 27.5 Å². The summed E-state index contributed by atoms with van der Waals surface area (Å²) in [5.74, 6) is -9.18. The summed E-state index contributed by atoms with van der Waals surface area (Å²) in [6.45, 7) is -6.06. The van der Waals surface area contributed by atoms with E-state index in [1.54, 1.807) is 0 Å². The standard InChI is InChI=1S/C48H78N4O59S6/c53-1-5-13(57)14(58)9(49-112(77,78)79)42(95-5)104-28-19(63)21(65)46(107-34(28)38(70)71)100-24-6(2-54)96-44(10(15(24)59)50-113(80,81)82)105-29-22(66)31(110-116(89,90)91)48(108-35(29)39(72)73)102-26-8(4-56)98-45(12(17(26)61)52-115(86,87)88)106-30-23(67)32(111-117(92,93)94)47(109-36(30)40(74)75)101-25-7(3-55)97-43(11(16(25)60)51-114(83,84)85)103-27-18(62)20(64)41(76)99-33(27)37(68)69/h5-36,41-67,76H,1-4H2,(H,68,69)(H,70,71)(H,72,73)(H,74,75)(H,77,78,79)(H,80,81,82)(H,83,84,85)(H,86,87,88)(H,89,90,91)(H,92,93,94)/t5-,6-,7-,8-,9-,10-,11-,12-,13-,14-,15-,16-,17-,18-,19-,20-,21-,22+,23+,24-,25-,26-,27+,28+,29+,30+,31-,32-,33+,34+,35+,36+,41?,42-,43-,44-,45-,46-,47-,48-/m1/s1. The van der Waals surface area contributed by atoms with Gasteiger partial charge in [0, 0.05) is 0 Å². The number of ether oxygens (including phenoxy) is 15. The SMILES string of the molecule is O=C(O)[C@H]1O[C@@H](O[C@H]2[C@H](O)[C@@H](NS(=O)(=O)O)[C@@H](O[C@H]3[C@H](O)[C@@H](OS(=O)(=O)O)[C@H](O[C@H]4[C@H](O)[C@@H](NS(=O)(=O)O)[C@@H](O[C@H]5[C@H](O)[C@@H](OS(=O)(=O)O)[C@H](O[C@H]6[C@H](O)[C@@H](NS(=O)(=O)O)[C@@H](O[C@H]7[C@H](O)[C@@H](O)C(O)O[C@@H]7C(=O)O)O[C@@H]6CO)O[C@@H]5C(=O)O)O[C@@H]4CO)O[C@@H]3C(=O)O)O[C@@H]2CO)[C@H](O)[C@@H](O)[C@@H]1O[C@H]1O[C@H](CO)[C@@H](O)[C@H](O)[C@H]1NS(=O)(=O)O. The van der Waals surface area contributed by atoms with Crippen molar-refractivity contribution in [1.29, 1.82) is 0 Å². The molecule has 8 fully saturated rings. The van der Waals surface area contributed by atoms with Crippen molar-refractivity contribution in [1.82, 2.24) is 18.9 Å². The number of nitrogens with one attached hydrogen (secondary N) is 4. The second-order valence-electron chi connectivity index (χ2n) is 26.0. The summed E-state index contributed by atoms with van der Waals surface area (Å²) in [5.41, 5.74) is 0. The molecule has 8 heterocycles. The minimum Gasteiger partial charge on any atom is -0.479 e. The minimum atomic E-state index is -6.20. The molecule has 69 heteroatoms. The number of carboxylic acids is 4. The lowest BCUT2D eigenvalue weighted by Crippen LogP contribution is -2.71. The molecule has 0 radical (unpaired) electrons. The molecule has 0 aromatic rings. The van der Waals surface area contributed by atoms with Gasteiger partial charge >= 0.3 is 85.9 Å². The van der Waals surface area contributed by atoms with Gasteiger partial charge in [0.25, 0.3) is 0 Å². The monoisotopic (exact) mass is 1850 g/mol. The van der Waals surface area contributed by atoms with Crippen LogP contribution in [-0.2, 0) is 161 Å². The third-order valence-corrected chi connectivity index (χ3v) is 21.4. The van der Waals surface area contributed by atoms with Crippen LogP contribution in [0, 0.1) is 0 Å². The van der Waals surface area contributed by atoms with Crippen LogP contribution in [0.4, 0.5) is 0 Å². The van der Waals surface area contributed by atoms with Gasteiger partial charge in [0.1, 0.15) is 158 Å². The molecule has 680 valence electrons. The summed E-state index contributed by atoms with van der Waals surface area (Å²) < 4.78 is 302. The van der Waals surface area contributed by atoms with E-state index in [1.807, 2.05) is 0 Å². The highest BCUT2D eigenvalue weighted by Gasteiger charge is 2.64. The number of carbonyl (C=O) groups is 4. The molecule has 1 unspecified atom stereocenters. The first-order valence-electron chi connectivity index (χ1n) is 32.5. The van der Waals surface area contributed by atoms with Gasteiger partial charge in [0.05, 0.1) is 26.4 Å². The van der Waals surface area contributed by atoms with Gasteiger partial charge in [0.15, 0.2) is 86.9 Å². The van der Waals surface area contributed by atoms with E-state index in [-0.39, 0.29) is 0 Å². The molecule has 0 aliphatic carbocycles. The van der Waals surface area contributed by atoms with Gasteiger partial charge in [-0.3, -0.25) is 27.3 Å². The average Bonchev–Trinajstić information content (AvgIpc) is 0.758. The smallest absolute Gasteiger partial charge is 0.397 e. The van der Waals surface area contributed by atoms with Crippen molar-refractivity contribution in [3.05, 3.63) is 0 Å². The summed E-state index contributed by atoms with van der Waals surface area (Å²) in [6.07, 6.45) is -98.9. The van der Waals surface area contributed by atoms with E-state index in [0.717, 1.165) is 0 Å². The first kappa shape index (κ1) is 98.3. The fourth-order valence-electron chi connectivity index (χ4n) is 13.1. The fraction of sp³-hybridized carbons (Fsp3) is 0.917. The Kier molecular flexibility index (Phi) is 32.4. The first-order valence-corrected chi connectivity index (χ1v) is 41.0. The van der Waals surface area contributed by atoms with Gasteiger partial charge in [-0.15, -0.1) is 0 Å². The van der Waals surface area contributed by atoms with E-state index in [4.69, 9.17) is 71.1 Å². The Morgan fingerprint density at radius 2 is 0.496 bits per heavy atom. The minimum absolute atomic E-state index is 1.19. The lowest BCUT2D eigenvalue weighted by molar-refractivity contribution is -0.379. The van der Waals surface area contributed by atoms with Crippen LogP contribution in [0.3, 0.4) is 0 Å². The van der Waals surface area contributed by atoms with E-state index in [0.29, 0.717) is 0 Å². The van der Waals surface area contributed by atoms with E-state index in [2.05, 4.69) is 8.37 Å². The topological polar surface area (TPSA) is 1000 Å². The number of carboxylic acid groups (broad SMARTS) is 4. The summed E-state index contributed by atoms with van der Waals surface area (Å²) >= 11 is 0. The number of hydrogen-bond donors (Lipinski definition) is 30. The molecule has 30 N–H and O–H groups in total. The Morgan fingerprint density at radius 1 is 0.256 bits per heavy atom. The second-order valence-corrected chi connectivity index (χ2v) is 32.9. The molecule has 8 rings (SSSR count). The highest BCUT2D eigenvalue weighted by molar-refractivity contribution is 7.84. The van der Waals surface area contributed by atoms with Crippen molar-refractivity contribution in [2.75, 3.05) is 26.4 Å². The third kappa shape index (κ3) is 23.9. The summed E-state index contributed by atoms with van der Waals surface area (Å²) in [6, 6.07) is -10.8. The number of aliphatic carboxylic acids is 4. The zero-order valence-corrected chi connectivity index (χ0v) is 62.4.